The van der Waals surface area contributed by atoms with E-state index in [4.69, 9.17) is 5.11 Å². The van der Waals surface area contributed by atoms with Crippen molar-refractivity contribution in [3.05, 3.63) is 59.4 Å². The highest BCUT2D eigenvalue weighted by Crippen LogP contribution is 2.19. The van der Waals surface area contributed by atoms with Crippen molar-refractivity contribution in [2.45, 2.75) is 6.92 Å². The number of anilines is 2. The van der Waals surface area contributed by atoms with Gasteiger partial charge in [-0.15, -0.1) is 0 Å². The molecular weight excluding hydrogens is 275 g/mol. The maximum absolute atomic E-state index is 13.5. The number of rotatable bonds is 3. The minimum absolute atomic E-state index is 0.104. The summed E-state index contributed by atoms with van der Waals surface area (Å²) in [7, 11) is 0. The van der Waals surface area contributed by atoms with Crippen molar-refractivity contribution >= 4 is 23.4 Å². The number of aryl methyl sites for hydroxylation is 1. The first-order chi connectivity index (χ1) is 9.97. The molecule has 0 saturated heterocycles. The summed E-state index contributed by atoms with van der Waals surface area (Å²) in [4.78, 5) is 22.9. The molecule has 6 heteroatoms. The second kappa shape index (κ2) is 6.04. The molecule has 0 spiro atoms. The fourth-order valence-electron chi connectivity index (χ4n) is 1.85. The van der Waals surface area contributed by atoms with Gasteiger partial charge in [-0.05, 0) is 36.8 Å². The van der Waals surface area contributed by atoms with Gasteiger partial charge in [0, 0.05) is 5.69 Å². The predicted octanol–water partition coefficient (Wildman–Crippen LogP) is 3.48. The molecule has 0 atom stereocenters. The number of benzene rings is 2. The fourth-order valence-corrected chi connectivity index (χ4v) is 1.85. The van der Waals surface area contributed by atoms with Crippen molar-refractivity contribution in [3.8, 4) is 0 Å². The molecule has 0 bridgehead atoms. The molecule has 108 valence electrons. The summed E-state index contributed by atoms with van der Waals surface area (Å²) in [6.07, 6.45) is 0. The average molecular weight is 288 g/mol. The fraction of sp³-hybridized carbons (Fsp3) is 0.0667. The van der Waals surface area contributed by atoms with Crippen molar-refractivity contribution in [1.82, 2.24) is 0 Å². The van der Waals surface area contributed by atoms with Gasteiger partial charge in [-0.2, -0.15) is 0 Å². The van der Waals surface area contributed by atoms with Gasteiger partial charge in [-0.25, -0.2) is 14.0 Å². The van der Waals surface area contributed by atoms with Crippen LogP contribution < -0.4 is 10.6 Å². The number of urea groups is 1. The molecular formula is C15H13FN2O3. The Kier molecular flexibility index (Phi) is 4.18. The number of halogens is 1. The van der Waals surface area contributed by atoms with E-state index >= 15 is 0 Å². The Hall–Kier alpha value is -2.89. The molecule has 0 aliphatic heterocycles. The highest BCUT2D eigenvalue weighted by atomic mass is 19.1. The smallest absolute Gasteiger partial charge is 0.340 e. The zero-order chi connectivity index (χ0) is 15.4. The lowest BCUT2D eigenvalue weighted by atomic mass is 10.1. The first-order valence-corrected chi connectivity index (χ1v) is 6.14. The highest BCUT2D eigenvalue weighted by Gasteiger charge is 2.17. The second-order valence-electron chi connectivity index (χ2n) is 4.42. The zero-order valence-corrected chi connectivity index (χ0v) is 11.2. The lowest BCUT2D eigenvalue weighted by molar-refractivity contribution is 0.0693. The van der Waals surface area contributed by atoms with E-state index in [-0.39, 0.29) is 5.69 Å². The molecule has 2 amide bonds. The Bertz CT molecular complexity index is 701. The van der Waals surface area contributed by atoms with Crippen LogP contribution in [0, 0.1) is 12.7 Å². The monoisotopic (exact) mass is 288 g/mol. The van der Waals surface area contributed by atoms with Crippen LogP contribution in [0.3, 0.4) is 0 Å². The summed E-state index contributed by atoms with van der Waals surface area (Å²) in [5.74, 6) is -2.35. The summed E-state index contributed by atoms with van der Waals surface area (Å²) in [6.45, 7) is 1.87. The third-order valence-electron chi connectivity index (χ3n) is 2.75. The lowest BCUT2D eigenvalue weighted by Gasteiger charge is -2.10. The lowest BCUT2D eigenvalue weighted by Crippen LogP contribution is -2.21. The normalized spacial score (nSPS) is 10.0. The van der Waals surface area contributed by atoms with Gasteiger partial charge in [0.2, 0.25) is 0 Å². The Labute approximate surface area is 120 Å². The number of aromatic carboxylic acids is 1. The van der Waals surface area contributed by atoms with E-state index in [1.165, 1.54) is 12.1 Å². The Balaban J connectivity index is 2.17. The van der Waals surface area contributed by atoms with Crippen LogP contribution in [0.2, 0.25) is 0 Å². The van der Waals surface area contributed by atoms with Crippen molar-refractivity contribution in [2.75, 3.05) is 10.6 Å². The van der Waals surface area contributed by atoms with Crippen molar-refractivity contribution in [1.29, 1.82) is 0 Å². The highest BCUT2D eigenvalue weighted by molar-refractivity contribution is 6.04. The largest absolute Gasteiger partial charge is 0.478 e. The molecule has 0 aliphatic carbocycles. The van der Waals surface area contributed by atoms with E-state index in [0.29, 0.717) is 5.69 Å². The molecule has 0 heterocycles. The molecule has 0 radical (unpaired) electrons. The predicted molar refractivity (Wildman–Crippen MR) is 77.2 cm³/mol. The maximum Gasteiger partial charge on any atom is 0.340 e. The van der Waals surface area contributed by atoms with Crippen LogP contribution in [0.5, 0.6) is 0 Å². The van der Waals surface area contributed by atoms with E-state index < -0.39 is 23.4 Å². The average Bonchev–Trinajstić information content (AvgIpc) is 2.37. The molecule has 0 saturated carbocycles. The molecule has 2 aromatic rings. The van der Waals surface area contributed by atoms with Gasteiger partial charge in [0.1, 0.15) is 11.4 Å². The van der Waals surface area contributed by atoms with E-state index in [9.17, 15) is 14.0 Å². The van der Waals surface area contributed by atoms with Gasteiger partial charge < -0.3 is 15.7 Å². The van der Waals surface area contributed by atoms with Gasteiger partial charge >= 0.3 is 12.0 Å². The summed E-state index contributed by atoms with van der Waals surface area (Å²) in [5.41, 5.74) is 0.843. The summed E-state index contributed by atoms with van der Waals surface area (Å²) < 4.78 is 13.5. The van der Waals surface area contributed by atoms with Crippen LogP contribution in [0.15, 0.2) is 42.5 Å². The van der Waals surface area contributed by atoms with Gasteiger partial charge in [0.15, 0.2) is 0 Å². The van der Waals surface area contributed by atoms with Crippen LogP contribution in [-0.2, 0) is 0 Å². The van der Waals surface area contributed by atoms with E-state index in [0.717, 1.165) is 11.6 Å². The molecule has 2 aromatic carbocycles. The topological polar surface area (TPSA) is 78.4 Å². The molecule has 5 nitrogen and oxygen atoms in total. The van der Waals surface area contributed by atoms with E-state index in [1.807, 2.05) is 13.0 Å². The Morgan fingerprint density at radius 2 is 1.81 bits per heavy atom. The van der Waals surface area contributed by atoms with Gasteiger partial charge in [0.25, 0.3) is 0 Å². The molecule has 0 unspecified atom stereocenters. The van der Waals surface area contributed by atoms with Gasteiger partial charge in [-0.3, -0.25) is 0 Å². The number of amides is 2. The number of hydrogen-bond acceptors (Lipinski definition) is 2. The number of carbonyl (C=O) groups is 2. The number of hydrogen-bond donors (Lipinski definition) is 3. The Morgan fingerprint density at radius 3 is 2.48 bits per heavy atom. The number of nitrogens with one attached hydrogen (secondary N) is 2. The summed E-state index contributed by atoms with van der Waals surface area (Å²) in [5, 5.41) is 13.9. The van der Waals surface area contributed by atoms with Crippen molar-refractivity contribution in [2.24, 2.45) is 0 Å². The minimum atomic E-state index is -1.45. The van der Waals surface area contributed by atoms with Crippen LogP contribution in [0.25, 0.3) is 0 Å². The second-order valence-corrected chi connectivity index (χ2v) is 4.42. The first-order valence-electron chi connectivity index (χ1n) is 6.14. The number of carbonyl (C=O) groups excluding carboxylic acids is 1. The molecule has 3 N–H and O–H groups in total. The zero-order valence-electron chi connectivity index (χ0n) is 11.2. The quantitative estimate of drug-likeness (QED) is 0.809. The Morgan fingerprint density at radius 1 is 1.10 bits per heavy atom. The SMILES string of the molecule is Cc1cccc(NC(=O)Nc2cccc(F)c2C(=O)O)c1. The van der Waals surface area contributed by atoms with Gasteiger partial charge in [-0.1, -0.05) is 18.2 Å². The summed E-state index contributed by atoms with van der Waals surface area (Å²) >= 11 is 0. The third-order valence-corrected chi connectivity index (χ3v) is 2.75. The summed E-state index contributed by atoms with van der Waals surface area (Å²) in [6, 6.07) is 10.1. The molecule has 0 aromatic heterocycles. The first kappa shape index (κ1) is 14.5. The molecule has 2 rings (SSSR count). The molecule has 0 aliphatic rings. The third kappa shape index (κ3) is 3.56. The van der Waals surface area contributed by atoms with Crippen LogP contribution in [-0.4, -0.2) is 17.1 Å². The van der Waals surface area contributed by atoms with E-state index in [1.54, 1.807) is 18.2 Å². The van der Waals surface area contributed by atoms with E-state index in [2.05, 4.69) is 10.6 Å². The maximum atomic E-state index is 13.5. The van der Waals surface area contributed by atoms with Crippen molar-refractivity contribution in [3.63, 3.8) is 0 Å². The standard InChI is InChI=1S/C15H13FN2O3/c1-9-4-2-5-10(8-9)17-15(21)18-12-7-3-6-11(16)13(12)14(19)20/h2-8H,1H3,(H,19,20)(H2,17,18,21). The van der Waals surface area contributed by atoms with Crippen LogP contribution in [0.1, 0.15) is 15.9 Å². The van der Waals surface area contributed by atoms with Crippen molar-refractivity contribution < 1.29 is 19.1 Å². The van der Waals surface area contributed by atoms with Crippen LogP contribution >= 0.6 is 0 Å². The van der Waals surface area contributed by atoms with Crippen LogP contribution in [0.4, 0.5) is 20.6 Å². The minimum Gasteiger partial charge on any atom is -0.478 e. The number of carboxylic acids is 1. The molecule has 21 heavy (non-hydrogen) atoms. The molecule has 0 fully saturated rings. The number of carboxylic acid groups (broad SMARTS) is 1. The van der Waals surface area contributed by atoms with Gasteiger partial charge in [0.05, 0.1) is 5.69 Å².